The Hall–Kier alpha value is -3.38. The van der Waals surface area contributed by atoms with E-state index >= 15 is 0 Å². The van der Waals surface area contributed by atoms with Crippen LogP contribution in [-0.2, 0) is 0 Å². The Balaban J connectivity index is 1.72. The third-order valence-corrected chi connectivity index (χ3v) is 7.67. The number of anilines is 1. The number of pyridine rings is 1. The van der Waals surface area contributed by atoms with Crippen molar-refractivity contribution < 1.29 is 9.53 Å². The maximum atomic E-state index is 13.5. The van der Waals surface area contributed by atoms with E-state index in [-0.39, 0.29) is 5.91 Å². The fourth-order valence-electron chi connectivity index (χ4n) is 4.75. The lowest BCUT2D eigenvalue weighted by Gasteiger charge is -2.30. The number of carbonyl (C=O) groups excluding carboxylic acids is 1. The topological polar surface area (TPSA) is 68.5 Å². The maximum absolute atomic E-state index is 13.5. The molecule has 0 saturated carbocycles. The molecule has 1 amide bonds. The van der Waals surface area contributed by atoms with Gasteiger partial charge in [-0.05, 0) is 43.4 Å². The van der Waals surface area contributed by atoms with Crippen LogP contribution in [0.5, 0.6) is 5.75 Å². The first-order chi connectivity index (χ1) is 16.5. The zero-order valence-electron chi connectivity index (χ0n) is 19.8. The number of likely N-dealkylation sites (tertiary alicyclic amines) is 1. The van der Waals surface area contributed by atoms with Crippen LogP contribution in [0.3, 0.4) is 0 Å². The number of methoxy groups -OCH3 is 1. The van der Waals surface area contributed by atoms with E-state index in [2.05, 4.69) is 44.2 Å². The molecule has 5 nitrogen and oxygen atoms in total. The van der Waals surface area contributed by atoms with Crippen molar-refractivity contribution in [2.45, 2.75) is 26.7 Å². The van der Waals surface area contributed by atoms with Crippen LogP contribution in [0.2, 0.25) is 0 Å². The van der Waals surface area contributed by atoms with Gasteiger partial charge in [0.05, 0.1) is 18.5 Å². The van der Waals surface area contributed by atoms with Gasteiger partial charge in [-0.25, -0.2) is 4.98 Å². The summed E-state index contributed by atoms with van der Waals surface area (Å²) in [5.41, 5.74) is 12.1. The molecule has 1 saturated heterocycles. The molecule has 0 radical (unpaired) electrons. The number of thiophene rings is 1. The van der Waals surface area contributed by atoms with E-state index in [0.29, 0.717) is 16.5 Å². The molecular formula is C28H29N3O2S. The number of fused-ring (bicyclic) bond motifs is 1. The molecule has 3 heterocycles. The fourth-order valence-corrected chi connectivity index (χ4v) is 5.84. The Morgan fingerprint density at radius 3 is 2.65 bits per heavy atom. The van der Waals surface area contributed by atoms with E-state index in [1.807, 2.05) is 29.2 Å². The summed E-state index contributed by atoms with van der Waals surface area (Å²) in [7, 11) is 1.67. The fraction of sp³-hybridized carbons (Fsp3) is 0.286. The highest BCUT2D eigenvalue weighted by molar-refractivity contribution is 7.21. The Bertz CT molecular complexity index is 1360. The molecule has 5 rings (SSSR count). The maximum Gasteiger partial charge on any atom is 0.266 e. The van der Waals surface area contributed by atoms with Crippen LogP contribution in [0.4, 0.5) is 5.69 Å². The van der Waals surface area contributed by atoms with Crippen molar-refractivity contribution in [2.75, 3.05) is 25.9 Å². The van der Waals surface area contributed by atoms with Gasteiger partial charge < -0.3 is 15.4 Å². The predicted molar refractivity (Wildman–Crippen MR) is 140 cm³/mol. The molecule has 34 heavy (non-hydrogen) atoms. The van der Waals surface area contributed by atoms with Gasteiger partial charge in [0, 0.05) is 29.6 Å². The Morgan fingerprint density at radius 2 is 1.91 bits per heavy atom. The van der Waals surface area contributed by atoms with Gasteiger partial charge in [0.15, 0.2) is 0 Å². The summed E-state index contributed by atoms with van der Waals surface area (Å²) in [4.78, 5) is 21.8. The van der Waals surface area contributed by atoms with Crippen LogP contribution in [0, 0.1) is 12.8 Å². The quantitative estimate of drug-likeness (QED) is 0.374. The third kappa shape index (κ3) is 4.03. The van der Waals surface area contributed by atoms with Gasteiger partial charge in [-0.3, -0.25) is 4.79 Å². The lowest BCUT2D eigenvalue weighted by molar-refractivity contribution is 0.0689. The van der Waals surface area contributed by atoms with E-state index in [1.165, 1.54) is 16.9 Å². The van der Waals surface area contributed by atoms with Crippen LogP contribution >= 0.6 is 11.3 Å². The summed E-state index contributed by atoms with van der Waals surface area (Å²) in [5, 5.41) is 0.818. The van der Waals surface area contributed by atoms with E-state index < -0.39 is 0 Å². The number of hydrogen-bond acceptors (Lipinski definition) is 5. The normalized spacial score (nSPS) is 16.1. The summed E-state index contributed by atoms with van der Waals surface area (Å²) in [6.45, 7) is 5.81. The molecule has 0 bridgehead atoms. The number of hydrogen-bond donors (Lipinski definition) is 1. The number of aromatic nitrogens is 1. The van der Waals surface area contributed by atoms with Crippen molar-refractivity contribution in [2.24, 2.45) is 5.92 Å². The number of nitrogen functional groups attached to an aromatic ring is 1. The molecule has 174 valence electrons. The monoisotopic (exact) mass is 471 g/mol. The van der Waals surface area contributed by atoms with Gasteiger partial charge in [0.1, 0.15) is 15.5 Å². The number of benzene rings is 2. The van der Waals surface area contributed by atoms with Crippen LogP contribution in [-0.4, -0.2) is 36.0 Å². The lowest BCUT2D eigenvalue weighted by Crippen LogP contribution is -2.39. The van der Waals surface area contributed by atoms with Crippen LogP contribution < -0.4 is 10.5 Å². The van der Waals surface area contributed by atoms with Crippen molar-refractivity contribution in [3.8, 4) is 28.1 Å². The molecule has 2 aromatic heterocycles. The second kappa shape index (κ2) is 9.11. The molecule has 2 aromatic carbocycles. The Morgan fingerprint density at radius 1 is 1.15 bits per heavy atom. The molecule has 4 aromatic rings. The highest BCUT2D eigenvalue weighted by Crippen LogP contribution is 2.44. The van der Waals surface area contributed by atoms with Gasteiger partial charge in [0.25, 0.3) is 5.91 Å². The van der Waals surface area contributed by atoms with Gasteiger partial charge in [-0.1, -0.05) is 55.0 Å². The number of amides is 1. The van der Waals surface area contributed by atoms with E-state index in [4.69, 9.17) is 15.5 Å². The average Bonchev–Trinajstić information content (AvgIpc) is 3.19. The van der Waals surface area contributed by atoms with Crippen LogP contribution in [0.25, 0.3) is 32.6 Å². The van der Waals surface area contributed by atoms with Crippen molar-refractivity contribution in [3.63, 3.8) is 0 Å². The number of piperidine rings is 1. The number of ether oxygens (including phenoxy) is 1. The summed E-state index contributed by atoms with van der Waals surface area (Å²) in [6, 6.07) is 18.3. The molecule has 1 fully saturated rings. The highest BCUT2D eigenvalue weighted by atomic mass is 32.1. The lowest BCUT2D eigenvalue weighted by atomic mass is 9.98. The first-order valence-corrected chi connectivity index (χ1v) is 12.5. The van der Waals surface area contributed by atoms with Crippen LogP contribution in [0.15, 0.2) is 54.6 Å². The highest BCUT2D eigenvalue weighted by Gasteiger charge is 2.28. The molecule has 1 atom stereocenters. The molecule has 0 unspecified atom stereocenters. The summed E-state index contributed by atoms with van der Waals surface area (Å²) in [5.74, 6) is 1.27. The summed E-state index contributed by atoms with van der Waals surface area (Å²) >= 11 is 1.39. The van der Waals surface area contributed by atoms with Gasteiger partial charge in [0.2, 0.25) is 0 Å². The zero-order valence-corrected chi connectivity index (χ0v) is 20.6. The first kappa shape index (κ1) is 22.4. The van der Waals surface area contributed by atoms with Gasteiger partial charge in [-0.15, -0.1) is 11.3 Å². The molecule has 6 heteroatoms. The minimum atomic E-state index is 0.00918. The minimum absolute atomic E-state index is 0.00918. The van der Waals surface area contributed by atoms with E-state index in [1.54, 1.807) is 7.11 Å². The summed E-state index contributed by atoms with van der Waals surface area (Å²) < 4.78 is 5.68. The van der Waals surface area contributed by atoms with Crippen molar-refractivity contribution in [3.05, 3.63) is 65.0 Å². The van der Waals surface area contributed by atoms with Gasteiger partial charge >= 0.3 is 0 Å². The predicted octanol–water partition coefficient (Wildman–Crippen LogP) is 6.40. The number of nitrogens with two attached hydrogens (primary N) is 1. The second-order valence-electron chi connectivity index (χ2n) is 9.14. The number of carbonyl (C=O) groups is 1. The van der Waals surface area contributed by atoms with Crippen molar-refractivity contribution >= 4 is 33.1 Å². The molecule has 0 spiro atoms. The van der Waals surface area contributed by atoms with E-state index in [0.717, 1.165) is 64.3 Å². The SMILES string of the molecule is COc1ccccc1-c1cc(-c2ccc(C)cc2)nc2sc(C(=O)N3CCC[C@@H](C)C3)c(N)c12. The minimum Gasteiger partial charge on any atom is -0.496 e. The number of aryl methyl sites for hydroxylation is 1. The standard InChI is InChI=1S/C28H29N3O2S/c1-17-10-12-19(13-11-17)22-15-21(20-8-4-5-9-23(20)33-3)24-25(29)26(34-27(24)30-22)28(32)31-14-6-7-18(2)16-31/h4-5,8-13,15,18H,6-7,14,16,29H2,1-3H3/t18-/m1/s1. The largest absolute Gasteiger partial charge is 0.496 e. The molecule has 2 N–H and O–H groups in total. The zero-order chi connectivity index (χ0) is 23.8. The molecule has 1 aliphatic rings. The third-order valence-electron chi connectivity index (χ3n) is 6.58. The Kier molecular flexibility index (Phi) is 6.00. The molecule has 0 aliphatic carbocycles. The average molecular weight is 472 g/mol. The van der Waals surface area contributed by atoms with Crippen molar-refractivity contribution in [1.29, 1.82) is 0 Å². The second-order valence-corrected chi connectivity index (χ2v) is 10.1. The Labute approximate surface area is 204 Å². The van der Waals surface area contributed by atoms with Gasteiger partial charge in [-0.2, -0.15) is 0 Å². The van der Waals surface area contributed by atoms with Crippen LogP contribution in [0.1, 0.15) is 35.0 Å². The smallest absolute Gasteiger partial charge is 0.266 e. The molecule has 1 aliphatic heterocycles. The number of rotatable bonds is 4. The number of para-hydroxylation sites is 1. The number of nitrogens with zero attached hydrogens (tertiary/aromatic N) is 2. The first-order valence-electron chi connectivity index (χ1n) is 11.7. The molecular weight excluding hydrogens is 442 g/mol. The van der Waals surface area contributed by atoms with Crippen molar-refractivity contribution in [1.82, 2.24) is 9.88 Å². The summed E-state index contributed by atoms with van der Waals surface area (Å²) in [6.07, 6.45) is 2.19. The van der Waals surface area contributed by atoms with E-state index in [9.17, 15) is 4.79 Å².